The second-order valence-corrected chi connectivity index (χ2v) is 5.76. The van der Waals surface area contributed by atoms with Crippen LogP contribution in [0.2, 0.25) is 0 Å². The number of hydrogen-bond donors (Lipinski definition) is 4. The van der Waals surface area contributed by atoms with E-state index in [2.05, 4.69) is 33.0 Å². The van der Waals surface area contributed by atoms with Crippen molar-refractivity contribution < 1.29 is 9.53 Å². The molecule has 0 saturated carbocycles. The monoisotopic (exact) mass is 348 g/mol. The summed E-state index contributed by atoms with van der Waals surface area (Å²) < 4.78 is 4.84. The summed E-state index contributed by atoms with van der Waals surface area (Å²) in [5.74, 6) is -0.341. The molecule has 9 heteroatoms. The molecule has 0 aliphatic carbocycles. The second kappa shape index (κ2) is 9.70. The first-order valence-corrected chi connectivity index (χ1v) is 8.16. The minimum atomic E-state index is -0.405. The quantitative estimate of drug-likeness (QED) is 0.0900. The standard InChI is InChI=1S/C16H24N6O3/c1-25-15(23)12(8-5-9-18-16(17)21-22-24)19-10-13-14(20-13)11-6-3-2-4-7-11/h2-4,6-7,12-14,19-20H,5,8-10H2,1H3,(H3,17,18,21,24)/t12-,13?,14?/m0/s1. The number of benzene rings is 1. The molecule has 136 valence electrons. The minimum Gasteiger partial charge on any atom is -0.468 e. The van der Waals surface area contributed by atoms with E-state index in [1.165, 1.54) is 12.7 Å². The summed E-state index contributed by atoms with van der Waals surface area (Å²) in [6, 6.07) is 10.4. The van der Waals surface area contributed by atoms with E-state index in [4.69, 9.17) is 10.5 Å². The normalized spacial score (nSPS) is 20.6. The lowest BCUT2D eigenvalue weighted by molar-refractivity contribution is -0.143. The summed E-state index contributed by atoms with van der Waals surface area (Å²) in [5, 5.41) is 9.07. The van der Waals surface area contributed by atoms with Gasteiger partial charge < -0.3 is 21.1 Å². The summed E-state index contributed by atoms with van der Waals surface area (Å²) in [4.78, 5) is 25.8. The van der Waals surface area contributed by atoms with Gasteiger partial charge in [-0.25, -0.2) is 5.43 Å². The summed E-state index contributed by atoms with van der Waals surface area (Å²) in [6.45, 7) is 1.05. The van der Waals surface area contributed by atoms with E-state index in [9.17, 15) is 9.70 Å². The third kappa shape index (κ3) is 6.12. The molecule has 0 amide bonds. The van der Waals surface area contributed by atoms with Crippen LogP contribution in [-0.2, 0) is 9.53 Å². The van der Waals surface area contributed by atoms with E-state index >= 15 is 0 Å². The van der Waals surface area contributed by atoms with Gasteiger partial charge in [0.1, 0.15) is 6.04 Å². The average Bonchev–Trinajstić information content (AvgIpc) is 3.41. The van der Waals surface area contributed by atoms with Crippen molar-refractivity contribution in [3.8, 4) is 0 Å². The number of guanidine groups is 1. The van der Waals surface area contributed by atoms with Crippen LogP contribution in [0.15, 0.2) is 40.6 Å². The zero-order valence-corrected chi connectivity index (χ0v) is 14.1. The molecule has 2 unspecified atom stereocenters. The number of hydrogen-bond acceptors (Lipinski definition) is 7. The van der Waals surface area contributed by atoms with Crippen molar-refractivity contribution >= 4 is 11.9 Å². The van der Waals surface area contributed by atoms with Gasteiger partial charge in [0.05, 0.1) is 12.4 Å². The Balaban J connectivity index is 1.74. The maximum Gasteiger partial charge on any atom is 0.322 e. The van der Waals surface area contributed by atoms with Crippen molar-refractivity contribution in [1.82, 2.24) is 16.1 Å². The molecule has 1 saturated heterocycles. The van der Waals surface area contributed by atoms with Gasteiger partial charge in [-0.3, -0.25) is 9.79 Å². The fraction of sp³-hybridized carbons (Fsp3) is 0.500. The number of rotatable bonds is 10. The summed E-state index contributed by atoms with van der Waals surface area (Å²) in [5.41, 5.74) is 8.65. The Bertz CT molecular complexity index is 595. The smallest absolute Gasteiger partial charge is 0.322 e. The van der Waals surface area contributed by atoms with Gasteiger partial charge in [-0.15, -0.1) is 4.91 Å². The topological polar surface area (TPSA) is 140 Å². The third-order valence-electron chi connectivity index (χ3n) is 4.01. The molecule has 1 aromatic rings. The molecule has 0 spiro atoms. The molecule has 25 heavy (non-hydrogen) atoms. The van der Waals surface area contributed by atoms with Crippen LogP contribution in [0.5, 0.6) is 0 Å². The average molecular weight is 348 g/mol. The van der Waals surface area contributed by atoms with Crippen molar-refractivity contribution in [1.29, 1.82) is 0 Å². The van der Waals surface area contributed by atoms with Gasteiger partial charge in [0, 0.05) is 25.2 Å². The molecule has 1 fully saturated rings. The number of nitrogens with zero attached hydrogens (tertiary/aromatic N) is 2. The Morgan fingerprint density at radius 3 is 2.84 bits per heavy atom. The van der Waals surface area contributed by atoms with Gasteiger partial charge >= 0.3 is 5.97 Å². The van der Waals surface area contributed by atoms with Crippen LogP contribution >= 0.6 is 0 Å². The molecule has 1 aliphatic rings. The molecular weight excluding hydrogens is 324 g/mol. The van der Waals surface area contributed by atoms with Crippen LogP contribution in [-0.4, -0.2) is 44.2 Å². The molecule has 1 aromatic carbocycles. The van der Waals surface area contributed by atoms with Gasteiger partial charge in [0.2, 0.25) is 5.96 Å². The number of nitrogens with one attached hydrogen (secondary N) is 3. The molecule has 0 radical (unpaired) electrons. The van der Waals surface area contributed by atoms with Crippen LogP contribution in [0.3, 0.4) is 0 Å². The van der Waals surface area contributed by atoms with Gasteiger partial charge in [-0.1, -0.05) is 30.3 Å². The lowest BCUT2D eigenvalue weighted by Crippen LogP contribution is -2.40. The zero-order chi connectivity index (χ0) is 18.1. The number of esters is 1. The van der Waals surface area contributed by atoms with Crippen LogP contribution < -0.4 is 21.8 Å². The molecule has 3 atom stereocenters. The molecule has 9 nitrogen and oxygen atoms in total. The molecule has 0 aromatic heterocycles. The molecule has 1 aliphatic heterocycles. The Kier molecular flexibility index (Phi) is 7.30. The minimum absolute atomic E-state index is 0.0366. The predicted molar refractivity (Wildman–Crippen MR) is 94.6 cm³/mol. The van der Waals surface area contributed by atoms with Crippen molar-refractivity contribution in [3.05, 3.63) is 40.8 Å². The first kappa shape index (κ1) is 18.8. The SMILES string of the molecule is COC(=O)[C@H](CCCN=C(N)NN=O)NCC1NC1c1ccccc1. The van der Waals surface area contributed by atoms with E-state index in [-0.39, 0.29) is 11.9 Å². The molecular formula is C16H24N6O3. The first-order valence-electron chi connectivity index (χ1n) is 8.16. The molecule has 0 bridgehead atoms. The fourth-order valence-electron chi connectivity index (χ4n) is 2.63. The van der Waals surface area contributed by atoms with Crippen LogP contribution in [0.4, 0.5) is 0 Å². The van der Waals surface area contributed by atoms with E-state index in [1.807, 2.05) is 23.6 Å². The Hall–Kier alpha value is -2.52. The summed E-state index contributed by atoms with van der Waals surface area (Å²) in [7, 11) is 1.37. The highest BCUT2D eigenvalue weighted by molar-refractivity contribution is 5.77. The van der Waals surface area contributed by atoms with Gasteiger partial charge in [0.15, 0.2) is 0 Å². The maximum absolute atomic E-state index is 11.9. The summed E-state index contributed by atoms with van der Waals surface area (Å²) in [6.07, 6.45) is 1.18. The molecule has 2 rings (SSSR count). The number of aliphatic imine (C=N–C) groups is 1. The van der Waals surface area contributed by atoms with Gasteiger partial charge in [0.25, 0.3) is 0 Å². The second-order valence-electron chi connectivity index (χ2n) is 5.76. The van der Waals surface area contributed by atoms with E-state index in [0.29, 0.717) is 38.0 Å². The Morgan fingerprint density at radius 2 is 2.16 bits per heavy atom. The van der Waals surface area contributed by atoms with E-state index in [1.54, 1.807) is 0 Å². The van der Waals surface area contributed by atoms with Crippen LogP contribution in [0.1, 0.15) is 24.4 Å². The Labute approximate surface area is 146 Å². The first-order chi connectivity index (χ1) is 12.2. The van der Waals surface area contributed by atoms with Gasteiger partial charge in [-0.05, 0) is 18.4 Å². The van der Waals surface area contributed by atoms with Crippen molar-refractivity contribution in [3.63, 3.8) is 0 Å². The number of methoxy groups -OCH3 is 1. The zero-order valence-electron chi connectivity index (χ0n) is 14.1. The number of ether oxygens (including phenoxy) is 1. The maximum atomic E-state index is 11.9. The Morgan fingerprint density at radius 1 is 1.40 bits per heavy atom. The van der Waals surface area contributed by atoms with Crippen molar-refractivity contribution in [2.75, 3.05) is 20.2 Å². The molecule has 5 N–H and O–H groups in total. The van der Waals surface area contributed by atoms with Crippen molar-refractivity contribution in [2.45, 2.75) is 31.0 Å². The fourth-order valence-corrected chi connectivity index (χ4v) is 2.63. The lowest BCUT2D eigenvalue weighted by atomic mass is 10.1. The largest absolute Gasteiger partial charge is 0.468 e. The number of nitrogens with two attached hydrogens (primary N) is 1. The van der Waals surface area contributed by atoms with Crippen LogP contribution in [0, 0.1) is 4.91 Å². The third-order valence-corrected chi connectivity index (χ3v) is 4.01. The number of nitroso groups, excluding NO2 is 1. The highest BCUT2D eigenvalue weighted by atomic mass is 16.5. The van der Waals surface area contributed by atoms with E-state index < -0.39 is 6.04 Å². The number of carbonyl (C=O) groups is 1. The molecule has 1 heterocycles. The van der Waals surface area contributed by atoms with Gasteiger partial charge in [-0.2, -0.15) is 0 Å². The number of carbonyl (C=O) groups excluding carboxylic acids is 1. The highest BCUT2D eigenvalue weighted by Gasteiger charge is 2.37. The van der Waals surface area contributed by atoms with Crippen LogP contribution in [0.25, 0.3) is 0 Å². The highest BCUT2D eigenvalue weighted by Crippen LogP contribution is 2.28. The summed E-state index contributed by atoms with van der Waals surface area (Å²) >= 11 is 0. The lowest BCUT2D eigenvalue weighted by Gasteiger charge is -2.15. The van der Waals surface area contributed by atoms with Crippen molar-refractivity contribution in [2.24, 2.45) is 16.0 Å². The predicted octanol–water partition coefficient (Wildman–Crippen LogP) is 0.197. The van der Waals surface area contributed by atoms with E-state index in [0.717, 1.165) is 0 Å².